The van der Waals surface area contributed by atoms with E-state index in [1.807, 2.05) is 0 Å². The van der Waals surface area contributed by atoms with Crippen LogP contribution < -0.4 is 10.2 Å². The molecule has 2 aromatic rings. The zero-order valence-corrected chi connectivity index (χ0v) is 12.9. The van der Waals surface area contributed by atoms with Crippen LogP contribution in [0.3, 0.4) is 0 Å². The lowest BCUT2D eigenvalue weighted by molar-refractivity contribution is 0.420. The number of hydrogen-bond acceptors (Lipinski definition) is 4. The van der Waals surface area contributed by atoms with E-state index in [0.717, 1.165) is 31.0 Å². The van der Waals surface area contributed by atoms with Crippen LogP contribution in [-0.4, -0.2) is 22.3 Å². The highest BCUT2D eigenvalue weighted by Gasteiger charge is 2.20. The fourth-order valence-corrected chi connectivity index (χ4v) is 2.52. The SMILES string of the molecule is CC(C)(C)NCc1ccc(N2CCc3ccccc32)nn1. The number of aromatic nitrogens is 2. The zero-order chi connectivity index (χ0) is 14.9. The predicted molar refractivity (Wildman–Crippen MR) is 85.8 cm³/mol. The number of rotatable bonds is 3. The highest BCUT2D eigenvalue weighted by molar-refractivity contribution is 5.67. The van der Waals surface area contributed by atoms with Crippen molar-refractivity contribution in [1.82, 2.24) is 15.5 Å². The standard InChI is InChI=1S/C17H22N4/c1-17(2,3)18-12-14-8-9-16(20-19-14)21-11-10-13-6-4-5-7-15(13)21/h4-9,18H,10-12H2,1-3H3. The van der Waals surface area contributed by atoms with Crippen molar-refractivity contribution in [2.75, 3.05) is 11.4 Å². The van der Waals surface area contributed by atoms with Crippen LogP contribution in [0.25, 0.3) is 0 Å². The summed E-state index contributed by atoms with van der Waals surface area (Å²) >= 11 is 0. The number of fused-ring (bicyclic) bond motifs is 1. The molecule has 0 amide bonds. The Morgan fingerprint density at radius 2 is 1.90 bits per heavy atom. The molecule has 110 valence electrons. The molecule has 0 saturated carbocycles. The highest BCUT2D eigenvalue weighted by Crippen LogP contribution is 2.32. The molecular weight excluding hydrogens is 260 g/mol. The molecule has 1 aliphatic rings. The average Bonchev–Trinajstić information content (AvgIpc) is 2.89. The van der Waals surface area contributed by atoms with Crippen molar-refractivity contribution >= 4 is 11.5 Å². The monoisotopic (exact) mass is 282 g/mol. The first-order valence-electron chi connectivity index (χ1n) is 7.46. The smallest absolute Gasteiger partial charge is 0.155 e. The summed E-state index contributed by atoms with van der Waals surface area (Å²) in [5.74, 6) is 0.930. The molecule has 0 fully saturated rings. The molecule has 0 saturated heterocycles. The Balaban J connectivity index is 1.74. The molecule has 0 radical (unpaired) electrons. The van der Waals surface area contributed by atoms with Gasteiger partial charge in [0.05, 0.1) is 5.69 Å². The summed E-state index contributed by atoms with van der Waals surface area (Å²) in [7, 11) is 0. The van der Waals surface area contributed by atoms with Gasteiger partial charge in [-0.3, -0.25) is 0 Å². The molecule has 1 aromatic heterocycles. The molecule has 0 spiro atoms. The summed E-state index contributed by atoms with van der Waals surface area (Å²) in [6, 6.07) is 12.6. The van der Waals surface area contributed by atoms with Gasteiger partial charge < -0.3 is 10.2 Å². The maximum absolute atomic E-state index is 4.40. The second kappa shape index (κ2) is 5.45. The summed E-state index contributed by atoms with van der Waals surface area (Å²) in [5.41, 5.74) is 3.71. The lowest BCUT2D eigenvalue weighted by atomic mass is 10.1. The Kier molecular flexibility index (Phi) is 3.64. The number of benzene rings is 1. The Hall–Kier alpha value is -1.94. The van der Waals surface area contributed by atoms with Crippen molar-refractivity contribution in [3.05, 3.63) is 47.7 Å². The third-order valence-electron chi connectivity index (χ3n) is 3.67. The molecule has 1 N–H and O–H groups in total. The van der Waals surface area contributed by atoms with Gasteiger partial charge in [-0.15, -0.1) is 5.10 Å². The highest BCUT2D eigenvalue weighted by atomic mass is 15.3. The predicted octanol–water partition coefficient (Wildman–Crippen LogP) is 3.06. The second-order valence-corrected chi connectivity index (χ2v) is 6.52. The molecule has 4 heteroatoms. The topological polar surface area (TPSA) is 41.0 Å². The Bertz CT molecular complexity index is 613. The fourth-order valence-electron chi connectivity index (χ4n) is 2.52. The number of nitrogens with zero attached hydrogens (tertiary/aromatic N) is 3. The first kappa shape index (κ1) is 14.0. The van der Waals surface area contributed by atoms with Crippen LogP contribution >= 0.6 is 0 Å². The average molecular weight is 282 g/mol. The first-order chi connectivity index (χ1) is 10.0. The van der Waals surface area contributed by atoms with E-state index >= 15 is 0 Å². The molecule has 0 bridgehead atoms. The minimum Gasteiger partial charge on any atom is -0.324 e. The molecule has 0 aliphatic carbocycles. The summed E-state index contributed by atoms with van der Waals surface area (Å²) < 4.78 is 0. The molecule has 4 nitrogen and oxygen atoms in total. The van der Waals surface area contributed by atoms with E-state index in [1.54, 1.807) is 0 Å². The van der Waals surface area contributed by atoms with Crippen molar-refractivity contribution in [3.8, 4) is 0 Å². The lowest BCUT2D eigenvalue weighted by Crippen LogP contribution is -2.35. The van der Waals surface area contributed by atoms with Gasteiger partial charge in [-0.1, -0.05) is 18.2 Å². The van der Waals surface area contributed by atoms with Crippen molar-refractivity contribution < 1.29 is 0 Å². The second-order valence-electron chi connectivity index (χ2n) is 6.52. The Morgan fingerprint density at radius 1 is 1.10 bits per heavy atom. The van der Waals surface area contributed by atoms with E-state index in [9.17, 15) is 0 Å². The molecule has 1 aromatic carbocycles. The molecule has 1 aliphatic heterocycles. The Labute approximate surface area is 126 Å². The van der Waals surface area contributed by atoms with Crippen molar-refractivity contribution in [2.45, 2.75) is 39.3 Å². The quantitative estimate of drug-likeness (QED) is 0.939. The molecule has 21 heavy (non-hydrogen) atoms. The van der Waals surface area contributed by atoms with E-state index in [0.29, 0.717) is 0 Å². The lowest BCUT2D eigenvalue weighted by Gasteiger charge is -2.20. The summed E-state index contributed by atoms with van der Waals surface area (Å²) in [5, 5.41) is 12.2. The minimum atomic E-state index is 0.0915. The molecule has 0 atom stereocenters. The molecular formula is C17H22N4. The number of hydrogen-bond donors (Lipinski definition) is 1. The maximum atomic E-state index is 4.40. The van der Waals surface area contributed by atoms with E-state index in [4.69, 9.17) is 0 Å². The van der Waals surface area contributed by atoms with Crippen LogP contribution in [0.1, 0.15) is 32.0 Å². The van der Waals surface area contributed by atoms with Crippen molar-refractivity contribution in [2.24, 2.45) is 0 Å². The normalized spacial score (nSPS) is 14.3. The van der Waals surface area contributed by atoms with Crippen LogP contribution in [0, 0.1) is 0 Å². The Morgan fingerprint density at radius 3 is 2.62 bits per heavy atom. The maximum Gasteiger partial charge on any atom is 0.155 e. The van der Waals surface area contributed by atoms with Gasteiger partial charge in [-0.05, 0) is 51.0 Å². The zero-order valence-electron chi connectivity index (χ0n) is 12.9. The van der Waals surface area contributed by atoms with Crippen LogP contribution in [-0.2, 0) is 13.0 Å². The fraction of sp³-hybridized carbons (Fsp3) is 0.412. The van der Waals surface area contributed by atoms with Crippen molar-refractivity contribution in [1.29, 1.82) is 0 Å². The van der Waals surface area contributed by atoms with Gasteiger partial charge in [0.15, 0.2) is 5.82 Å². The van der Waals surface area contributed by atoms with Crippen molar-refractivity contribution in [3.63, 3.8) is 0 Å². The van der Waals surface area contributed by atoms with E-state index < -0.39 is 0 Å². The number of nitrogens with one attached hydrogen (secondary N) is 1. The summed E-state index contributed by atoms with van der Waals surface area (Å²) in [6.07, 6.45) is 1.07. The van der Waals surface area contributed by atoms with Gasteiger partial charge in [0.25, 0.3) is 0 Å². The minimum absolute atomic E-state index is 0.0915. The number of anilines is 2. The largest absolute Gasteiger partial charge is 0.324 e. The molecule has 0 unspecified atom stereocenters. The van der Waals surface area contributed by atoms with Gasteiger partial charge in [-0.2, -0.15) is 5.10 Å². The molecule has 3 rings (SSSR count). The van der Waals surface area contributed by atoms with Crippen LogP contribution in [0.15, 0.2) is 36.4 Å². The van der Waals surface area contributed by atoms with Crippen LogP contribution in [0.2, 0.25) is 0 Å². The summed E-state index contributed by atoms with van der Waals surface area (Å²) in [6.45, 7) is 8.17. The third-order valence-corrected chi connectivity index (χ3v) is 3.67. The first-order valence-corrected chi connectivity index (χ1v) is 7.46. The third kappa shape index (κ3) is 3.22. The molecule has 2 heterocycles. The van der Waals surface area contributed by atoms with Gasteiger partial charge >= 0.3 is 0 Å². The van der Waals surface area contributed by atoms with Gasteiger partial charge in [-0.25, -0.2) is 0 Å². The van der Waals surface area contributed by atoms with Crippen LogP contribution in [0.4, 0.5) is 11.5 Å². The summed E-state index contributed by atoms with van der Waals surface area (Å²) in [4.78, 5) is 2.24. The van der Waals surface area contributed by atoms with E-state index in [-0.39, 0.29) is 5.54 Å². The van der Waals surface area contributed by atoms with E-state index in [2.05, 4.69) is 77.6 Å². The van der Waals surface area contributed by atoms with Crippen LogP contribution in [0.5, 0.6) is 0 Å². The number of para-hydroxylation sites is 1. The van der Waals surface area contributed by atoms with Gasteiger partial charge in [0.1, 0.15) is 0 Å². The van der Waals surface area contributed by atoms with Gasteiger partial charge in [0, 0.05) is 24.3 Å². The van der Waals surface area contributed by atoms with E-state index in [1.165, 1.54) is 11.3 Å². The van der Waals surface area contributed by atoms with Gasteiger partial charge in [0.2, 0.25) is 0 Å².